The van der Waals surface area contributed by atoms with Crippen molar-refractivity contribution in [2.75, 3.05) is 26.2 Å². The van der Waals surface area contributed by atoms with Gasteiger partial charge in [-0.15, -0.1) is 0 Å². The van der Waals surface area contributed by atoms with E-state index in [-0.39, 0.29) is 6.04 Å². The van der Waals surface area contributed by atoms with Crippen molar-refractivity contribution in [1.29, 1.82) is 0 Å². The number of hydrogen-bond acceptors (Lipinski definition) is 3. The van der Waals surface area contributed by atoms with Gasteiger partial charge in [-0.2, -0.15) is 0 Å². The second-order valence-electron chi connectivity index (χ2n) is 5.41. The van der Waals surface area contributed by atoms with E-state index < -0.39 is 0 Å². The van der Waals surface area contributed by atoms with Crippen molar-refractivity contribution in [2.45, 2.75) is 38.8 Å². The summed E-state index contributed by atoms with van der Waals surface area (Å²) in [6, 6.07) is 9.21. The number of nitrogens with two attached hydrogens (primary N) is 1. The second kappa shape index (κ2) is 7.04. The van der Waals surface area contributed by atoms with E-state index in [0.29, 0.717) is 6.04 Å². The van der Waals surface area contributed by atoms with Crippen LogP contribution in [0.3, 0.4) is 0 Å². The molecule has 1 aromatic carbocycles. The largest absolute Gasteiger partial charge is 0.324 e. The van der Waals surface area contributed by atoms with Gasteiger partial charge < -0.3 is 16.0 Å². The number of fused-ring (bicyclic) bond motifs is 1. The van der Waals surface area contributed by atoms with Crippen molar-refractivity contribution in [3.05, 3.63) is 35.4 Å². The molecule has 2 unspecified atom stereocenters. The van der Waals surface area contributed by atoms with Crippen LogP contribution in [0.1, 0.15) is 49.9 Å². The Labute approximate surface area is 117 Å². The summed E-state index contributed by atoms with van der Waals surface area (Å²) in [7, 11) is 0. The number of rotatable bonds is 7. The van der Waals surface area contributed by atoms with Gasteiger partial charge in [0, 0.05) is 25.2 Å². The van der Waals surface area contributed by atoms with Gasteiger partial charge in [0.1, 0.15) is 0 Å². The summed E-state index contributed by atoms with van der Waals surface area (Å²) in [5.41, 5.74) is 8.91. The molecule has 1 aliphatic rings. The van der Waals surface area contributed by atoms with E-state index in [2.05, 4.69) is 48.3 Å². The molecule has 0 bridgehead atoms. The van der Waals surface area contributed by atoms with Crippen LogP contribution < -0.4 is 11.1 Å². The maximum Gasteiger partial charge on any atom is 0.0342 e. The molecule has 3 heteroatoms. The predicted molar refractivity (Wildman–Crippen MR) is 81.1 cm³/mol. The topological polar surface area (TPSA) is 41.3 Å². The Kier molecular flexibility index (Phi) is 5.37. The third kappa shape index (κ3) is 3.56. The van der Waals surface area contributed by atoms with Crippen LogP contribution in [0.5, 0.6) is 0 Å². The Morgan fingerprint density at radius 3 is 2.63 bits per heavy atom. The van der Waals surface area contributed by atoms with Crippen LogP contribution in [0.4, 0.5) is 0 Å². The molecule has 3 N–H and O–H groups in total. The van der Waals surface area contributed by atoms with E-state index in [0.717, 1.165) is 26.1 Å². The smallest absolute Gasteiger partial charge is 0.0342 e. The molecule has 1 aliphatic carbocycles. The molecule has 0 saturated heterocycles. The number of likely N-dealkylation sites (N-methyl/N-ethyl adjacent to an activating group) is 1. The van der Waals surface area contributed by atoms with Gasteiger partial charge in [0.25, 0.3) is 0 Å². The minimum atomic E-state index is 0.201. The first-order valence-electron chi connectivity index (χ1n) is 7.56. The highest BCUT2D eigenvalue weighted by Gasteiger charge is 2.27. The van der Waals surface area contributed by atoms with Gasteiger partial charge in [-0.05, 0) is 37.1 Å². The normalized spacial score (nSPS) is 21.9. The summed E-state index contributed by atoms with van der Waals surface area (Å²) in [6.07, 6.45) is 2.25. The minimum absolute atomic E-state index is 0.201. The SMILES string of the molecule is CCCN(CC)CCNC1CC(N)c2ccccc21. The lowest BCUT2D eigenvalue weighted by Gasteiger charge is -2.21. The van der Waals surface area contributed by atoms with Crippen molar-refractivity contribution in [1.82, 2.24) is 10.2 Å². The summed E-state index contributed by atoms with van der Waals surface area (Å²) in [4.78, 5) is 2.49. The van der Waals surface area contributed by atoms with Crippen molar-refractivity contribution in [3.63, 3.8) is 0 Å². The minimum Gasteiger partial charge on any atom is -0.324 e. The van der Waals surface area contributed by atoms with Gasteiger partial charge in [0.2, 0.25) is 0 Å². The van der Waals surface area contributed by atoms with Gasteiger partial charge in [-0.1, -0.05) is 38.1 Å². The van der Waals surface area contributed by atoms with Crippen molar-refractivity contribution in [2.24, 2.45) is 5.73 Å². The quantitative estimate of drug-likeness (QED) is 0.792. The molecule has 0 fully saturated rings. The van der Waals surface area contributed by atoms with Gasteiger partial charge >= 0.3 is 0 Å². The first-order valence-corrected chi connectivity index (χ1v) is 7.56. The van der Waals surface area contributed by atoms with Crippen LogP contribution >= 0.6 is 0 Å². The van der Waals surface area contributed by atoms with Gasteiger partial charge in [-0.3, -0.25) is 0 Å². The highest BCUT2D eigenvalue weighted by molar-refractivity contribution is 5.37. The number of hydrogen-bond donors (Lipinski definition) is 2. The lowest BCUT2D eigenvalue weighted by Crippen LogP contribution is -2.34. The van der Waals surface area contributed by atoms with E-state index in [4.69, 9.17) is 5.73 Å². The molecule has 1 aromatic rings. The molecule has 0 saturated carbocycles. The van der Waals surface area contributed by atoms with Crippen LogP contribution in [-0.2, 0) is 0 Å². The molecule has 0 aromatic heterocycles. The van der Waals surface area contributed by atoms with Crippen LogP contribution in [0.15, 0.2) is 24.3 Å². The Morgan fingerprint density at radius 1 is 1.21 bits per heavy atom. The highest BCUT2D eigenvalue weighted by Crippen LogP contribution is 2.36. The Morgan fingerprint density at radius 2 is 1.95 bits per heavy atom. The van der Waals surface area contributed by atoms with Crippen molar-refractivity contribution in [3.8, 4) is 0 Å². The molecule has 106 valence electrons. The molecule has 2 atom stereocenters. The second-order valence-corrected chi connectivity index (χ2v) is 5.41. The van der Waals surface area contributed by atoms with E-state index >= 15 is 0 Å². The highest BCUT2D eigenvalue weighted by atomic mass is 15.1. The molecule has 19 heavy (non-hydrogen) atoms. The van der Waals surface area contributed by atoms with Gasteiger partial charge in [-0.25, -0.2) is 0 Å². The van der Waals surface area contributed by atoms with E-state index in [1.54, 1.807) is 0 Å². The molecular weight excluding hydrogens is 234 g/mol. The van der Waals surface area contributed by atoms with E-state index in [1.807, 2.05) is 0 Å². The molecular formula is C16H27N3. The van der Waals surface area contributed by atoms with Crippen LogP contribution in [-0.4, -0.2) is 31.1 Å². The maximum atomic E-state index is 6.19. The molecule has 0 amide bonds. The Balaban J connectivity index is 1.85. The average molecular weight is 261 g/mol. The Bertz CT molecular complexity index is 391. The molecule has 0 spiro atoms. The average Bonchev–Trinajstić information content (AvgIpc) is 2.75. The fourth-order valence-corrected chi connectivity index (χ4v) is 3.01. The zero-order valence-electron chi connectivity index (χ0n) is 12.2. The van der Waals surface area contributed by atoms with Crippen molar-refractivity contribution < 1.29 is 0 Å². The zero-order valence-corrected chi connectivity index (χ0v) is 12.2. The fourth-order valence-electron chi connectivity index (χ4n) is 3.01. The molecule has 0 radical (unpaired) electrons. The lowest BCUT2D eigenvalue weighted by molar-refractivity contribution is 0.282. The molecule has 3 nitrogen and oxygen atoms in total. The summed E-state index contributed by atoms with van der Waals surface area (Å²) in [5.74, 6) is 0. The van der Waals surface area contributed by atoms with Crippen LogP contribution in [0, 0.1) is 0 Å². The number of nitrogens with zero attached hydrogens (tertiary/aromatic N) is 1. The van der Waals surface area contributed by atoms with Crippen molar-refractivity contribution >= 4 is 0 Å². The molecule has 0 heterocycles. The summed E-state index contributed by atoms with van der Waals surface area (Å²) < 4.78 is 0. The number of nitrogens with one attached hydrogen (secondary N) is 1. The lowest BCUT2D eigenvalue weighted by atomic mass is 10.1. The van der Waals surface area contributed by atoms with E-state index in [9.17, 15) is 0 Å². The first-order chi connectivity index (χ1) is 9.26. The van der Waals surface area contributed by atoms with Gasteiger partial charge in [0.05, 0.1) is 0 Å². The predicted octanol–water partition coefficient (Wildman–Crippen LogP) is 2.45. The van der Waals surface area contributed by atoms with Crippen LogP contribution in [0.2, 0.25) is 0 Å². The van der Waals surface area contributed by atoms with E-state index in [1.165, 1.54) is 24.1 Å². The maximum absolute atomic E-state index is 6.19. The third-order valence-corrected chi connectivity index (χ3v) is 4.07. The third-order valence-electron chi connectivity index (χ3n) is 4.07. The summed E-state index contributed by atoms with van der Waals surface area (Å²) in [5, 5.41) is 3.67. The number of benzene rings is 1. The zero-order chi connectivity index (χ0) is 13.7. The summed E-state index contributed by atoms with van der Waals surface area (Å²) >= 11 is 0. The molecule has 0 aliphatic heterocycles. The van der Waals surface area contributed by atoms with Crippen LogP contribution in [0.25, 0.3) is 0 Å². The monoisotopic (exact) mass is 261 g/mol. The Hall–Kier alpha value is -0.900. The molecule has 2 rings (SSSR count). The summed E-state index contributed by atoms with van der Waals surface area (Å²) in [6.45, 7) is 8.96. The first kappa shape index (κ1) is 14.5. The van der Waals surface area contributed by atoms with Gasteiger partial charge in [0.15, 0.2) is 0 Å². The fraction of sp³-hybridized carbons (Fsp3) is 0.625. The standard InChI is InChI=1S/C16H27N3/c1-3-10-19(4-2)11-9-18-16-12-15(17)13-7-5-6-8-14(13)16/h5-8,15-16,18H,3-4,9-12,17H2,1-2H3.